The van der Waals surface area contributed by atoms with E-state index >= 15 is 0 Å². The second-order valence-corrected chi connectivity index (χ2v) is 5.89. The van der Waals surface area contributed by atoms with Gasteiger partial charge in [-0.05, 0) is 37.1 Å². The maximum atomic E-state index is 5.48. The minimum absolute atomic E-state index is 0.452. The maximum absolute atomic E-state index is 5.48. The van der Waals surface area contributed by atoms with Crippen LogP contribution in [0.5, 0.6) is 0 Å². The molecular formula is C13H27NO. The molecule has 0 aromatic heterocycles. The summed E-state index contributed by atoms with van der Waals surface area (Å²) in [5, 5.41) is 3.62. The van der Waals surface area contributed by atoms with Crippen LogP contribution in [0.1, 0.15) is 47.0 Å². The van der Waals surface area contributed by atoms with E-state index < -0.39 is 0 Å². The van der Waals surface area contributed by atoms with Gasteiger partial charge in [-0.15, -0.1) is 0 Å². The highest BCUT2D eigenvalue weighted by Gasteiger charge is 2.26. The van der Waals surface area contributed by atoms with E-state index in [1.165, 1.54) is 19.3 Å². The Morgan fingerprint density at radius 3 is 2.60 bits per heavy atom. The van der Waals surface area contributed by atoms with Crippen molar-refractivity contribution in [3.8, 4) is 0 Å². The molecule has 0 bridgehead atoms. The van der Waals surface area contributed by atoms with Crippen molar-refractivity contribution in [3.63, 3.8) is 0 Å². The van der Waals surface area contributed by atoms with E-state index in [4.69, 9.17) is 4.74 Å². The van der Waals surface area contributed by atoms with Crippen LogP contribution in [0.15, 0.2) is 0 Å². The van der Waals surface area contributed by atoms with Gasteiger partial charge in [-0.1, -0.05) is 27.7 Å². The third-order valence-corrected chi connectivity index (χ3v) is 3.21. The summed E-state index contributed by atoms with van der Waals surface area (Å²) >= 11 is 0. The zero-order valence-electron chi connectivity index (χ0n) is 10.8. The lowest BCUT2D eigenvalue weighted by molar-refractivity contribution is 0.172. The fraction of sp³-hybridized carbons (Fsp3) is 1.00. The van der Waals surface area contributed by atoms with Crippen molar-refractivity contribution < 1.29 is 4.74 Å². The molecule has 0 aromatic carbocycles. The summed E-state index contributed by atoms with van der Waals surface area (Å²) in [5.74, 6) is 0.743. The van der Waals surface area contributed by atoms with Crippen LogP contribution >= 0.6 is 0 Å². The van der Waals surface area contributed by atoms with Crippen molar-refractivity contribution in [2.75, 3.05) is 19.8 Å². The Balaban J connectivity index is 2.35. The van der Waals surface area contributed by atoms with Crippen molar-refractivity contribution in [2.24, 2.45) is 11.3 Å². The number of hydrogen-bond donors (Lipinski definition) is 1. The Kier molecular flexibility index (Phi) is 5.07. The molecule has 1 fully saturated rings. The van der Waals surface area contributed by atoms with Gasteiger partial charge in [0.1, 0.15) is 0 Å². The van der Waals surface area contributed by atoms with Crippen LogP contribution in [0.2, 0.25) is 0 Å². The molecule has 1 aliphatic rings. The number of hydrogen-bond acceptors (Lipinski definition) is 2. The predicted octanol–water partition coefficient (Wildman–Crippen LogP) is 2.83. The summed E-state index contributed by atoms with van der Waals surface area (Å²) in [4.78, 5) is 0. The summed E-state index contributed by atoms with van der Waals surface area (Å²) in [6.07, 6.45) is 3.81. The number of rotatable bonds is 5. The highest BCUT2D eigenvalue weighted by atomic mass is 16.5. The lowest BCUT2D eigenvalue weighted by atomic mass is 9.85. The predicted molar refractivity (Wildman–Crippen MR) is 65.1 cm³/mol. The van der Waals surface area contributed by atoms with Gasteiger partial charge in [0.15, 0.2) is 0 Å². The van der Waals surface area contributed by atoms with Crippen molar-refractivity contribution >= 4 is 0 Å². The average molecular weight is 213 g/mol. The van der Waals surface area contributed by atoms with Crippen LogP contribution in [0.25, 0.3) is 0 Å². The monoisotopic (exact) mass is 213 g/mol. The average Bonchev–Trinajstić information content (AvgIpc) is 2.63. The fourth-order valence-corrected chi connectivity index (χ4v) is 2.23. The Morgan fingerprint density at radius 1 is 1.40 bits per heavy atom. The molecule has 2 unspecified atom stereocenters. The van der Waals surface area contributed by atoms with Gasteiger partial charge in [0.2, 0.25) is 0 Å². The van der Waals surface area contributed by atoms with E-state index in [1.807, 2.05) is 0 Å². The highest BCUT2D eigenvalue weighted by molar-refractivity contribution is 4.80. The van der Waals surface area contributed by atoms with E-state index in [0.717, 1.165) is 25.7 Å². The van der Waals surface area contributed by atoms with Crippen molar-refractivity contribution in [1.29, 1.82) is 0 Å². The van der Waals surface area contributed by atoms with Gasteiger partial charge in [-0.25, -0.2) is 0 Å². The molecule has 90 valence electrons. The third-order valence-electron chi connectivity index (χ3n) is 3.21. The van der Waals surface area contributed by atoms with Crippen LogP contribution in [0, 0.1) is 11.3 Å². The molecule has 1 rings (SSSR count). The van der Waals surface area contributed by atoms with Gasteiger partial charge >= 0.3 is 0 Å². The lowest BCUT2D eigenvalue weighted by Crippen LogP contribution is -2.37. The molecule has 0 radical (unpaired) electrons. The standard InChI is InChI=1S/C13H27NO/c1-5-14-12(6-8-13(2,3)4)11-7-9-15-10-11/h11-12,14H,5-10H2,1-4H3. The van der Waals surface area contributed by atoms with Crippen LogP contribution in [0.3, 0.4) is 0 Å². The normalized spacial score (nSPS) is 24.4. The van der Waals surface area contributed by atoms with Crippen LogP contribution in [-0.2, 0) is 4.74 Å². The summed E-state index contributed by atoms with van der Waals surface area (Å²) in [6, 6.07) is 0.664. The summed E-state index contributed by atoms with van der Waals surface area (Å²) in [6.45, 7) is 12.2. The van der Waals surface area contributed by atoms with Gasteiger partial charge in [0.05, 0.1) is 6.61 Å². The van der Waals surface area contributed by atoms with Crippen LogP contribution in [0.4, 0.5) is 0 Å². The first-order valence-electron chi connectivity index (χ1n) is 6.34. The molecule has 1 N–H and O–H groups in total. The zero-order chi connectivity index (χ0) is 11.3. The van der Waals surface area contributed by atoms with Crippen molar-refractivity contribution in [3.05, 3.63) is 0 Å². The van der Waals surface area contributed by atoms with E-state index in [2.05, 4.69) is 33.0 Å². The molecule has 1 heterocycles. The van der Waals surface area contributed by atoms with Crippen LogP contribution in [-0.4, -0.2) is 25.8 Å². The molecule has 0 aliphatic carbocycles. The zero-order valence-corrected chi connectivity index (χ0v) is 10.8. The minimum atomic E-state index is 0.452. The molecule has 2 nitrogen and oxygen atoms in total. The lowest BCUT2D eigenvalue weighted by Gasteiger charge is -2.27. The minimum Gasteiger partial charge on any atom is -0.381 e. The molecule has 0 spiro atoms. The number of ether oxygens (including phenoxy) is 1. The Hall–Kier alpha value is -0.0800. The SMILES string of the molecule is CCNC(CCC(C)(C)C)C1CCOC1. The molecule has 0 aromatic rings. The third kappa shape index (κ3) is 4.98. The van der Waals surface area contributed by atoms with E-state index in [-0.39, 0.29) is 0 Å². The van der Waals surface area contributed by atoms with E-state index in [1.54, 1.807) is 0 Å². The highest BCUT2D eigenvalue weighted by Crippen LogP contribution is 2.26. The van der Waals surface area contributed by atoms with Gasteiger partial charge in [-0.3, -0.25) is 0 Å². The van der Waals surface area contributed by atoms with Crippen molar-refractivity contribution in [1.82, 2.24) is 5.32 Å². The van der Waals surface area contributed by atoms with Gasteiger partial charge in [-0.2, -0.15) is 0 Å². The molecule has 0 amide bonds. The van der Waals surface area contributed by atoms with Crippen molar-refractivity contribution in [2.45, 2.75) is 53.0 Å². The fourth-order valence-electron chi connectivity index (χ4n) is 2.23. The first-order chi connectivity index (χ1) is 7.03. The summed E-state index contributed by atoms with van der Waals surface area (Å²) < 4.78 is 5.48. The largest absolute Gasteiger partial charge is 0.381 e. The summed E-state index contributed by atoms with van der Waals surface area (Å²) in [5.41, 5.74) is 0.452. The quantitative estimate of drug-likeness (QED) is 0.758. The molecule has 1 aliphatic heterocycles. The maximum Gasteiger partial charge on any atom is 0.0510 e. The topological polar surface area (TPSA) is 21.3 Å². The first-order valence-corrected chi connectivity index (χ1v) is 6.34. The van der Waals surface area contributed by atoms with Gasteiger partial charge in [0.25, 0.3) is 0 Å². The molecule has 15 heavy (non-hydrogen) atoms. The second kappa shape index (κ2) is 5.86. The van der Waals surface area contributed by atoms with Crippen LogP contribution < -0.4 is 5.32 Å². The second-order valence-electron chi connectivity index (χ2n) is 5.89. The smallest absolute Gasteiger partial charge is 0.0510 e. The Labute approximate surface area is 94.8 Å². The Bertz CT molecular complexity index is 168. The molecule has 2 heteroatoms. The Morgan fingerprint density at radius 2 is 2.13 bits per heavy atom. The molecule has 0 saturated carbocycles. The molecular weight excluding hydrogens is 186 g/mol. The van der Waals surface area contributed by atoms with Gasteiger partial charge in [0, 0.05) is 12.6 Å². The first kappa shape index (κ1) is 13.0. The van der Waals surface area contributed by atoms with E-state index in [9.17, 15) is 0 Å². The summed E-state index contributed by atoms with van der Waals surface area (Å²) in [7, 11) is 0. The molecule has 1 saturated heterocycles. The number of nitrogens with one attached hydrogen (secondary N) is 1. The van der Waals surface area contributed by atoms with E-state index in [0.29, 0.717) is 11.5 Å². The van der Waals surface area contributed by atoms with Gasteiger partial charge < -0.3 is 10.1 Å². The molecule has 2 atom stereocenters.